The minimum atomic E-state index is 1.23. The van der Waals surface area contributed by atoms with Crippen LogP contribution in [0.1, 0.15) is 0 Å². The predicted octanol–water partition coefficient (Wildman–Crippen LogP) is 12.5. The van der Waals surface area contributed by atoms with Crippen molar-refractivity contribution in [2.24, 2.45) is 0 Å². The van der Waals surface area contributed by atoms with Crippen LogP contribution in [0, 0.1) is 0 Å². The van der Waals surface area contributed by atoms with Crippen molar-refractivity contribution >= 4 is 53.9 Å². The van der Waals surface area contributed by atoms with Gasteiger partial charge in [-0.05, 0) is 93.3 Å². The average molecular weight is 557 g/mol. The van der Waals surface area contributed by atoms with Crippen LogP contribution in [0.5, 0.6) is 0 Å². The number of rotatable bonds is 3. The molecule has 0 aliphatic heterocycles. The maximum atomic E-state index is 2.45. The normalized spacial score (nSPS) is 11.6. The van der Waals surface area contributed by atoms with Crippen molar-refractivity contribution in [3.63, 3.8) is 0 Å². The second kappa shape index (κ2) is 9.93. The SMILES string of the molecule is c1ccc(-c2ccc(-c3c4ccccc4c(-c4cc5c6ccccc6ccc5c5ccccc45)c4ccccc34)cc2)cc1. The van der Waals surface area contributed by atoms with Crippen molar-refractivity contribution in [3.05, 3.63) is 170 Å². The van der Waals surface area contributed by atoms with E-state index in [0.717, 1.165) is 0 Å². The second-order valence-corrected chi connectivity index (χ2v) is 11.6. The molecule has 0 saturated carbocycles. The Kier molecular flexibility index (Phi) is 5.61. The minimum absolute atomic E-state index is 1.23. The monoisotopic (exact) mass is 556 g/mol. The van der Waals surface area contributed by atoms with Gasteiger partial charge in [0.15, 0.2) is 0 Å². The quantitative estimate of drug-likeness (QED) is 0.150. The van der Waals surface area contributed by atoms with Crippen molar-refractivity contribution in [1.29, 1.82) is 0 Å². The Hall–Kier alpha value is -5.72. The van der Waals surface area contributed by atoms with E-state index in [1.807, 2.05) is 0 Å². The molecule has 0 spiro atoms. The zero-order valence-electron chi connectivity index (χ0n) is 24.2. The molecule has 0 radical (unpaired) electrons. The van der Waals surface area contributed by atoms with Crippen LogP contribution in [0.4, 0.5) is 0 Å². The first-order valence-electron chi connectivity index (χ1n) is 15.3. The van der Waals surface area contributed by atoms with E-state index >= 15 is 0 Å². The van der Waals surface area contributed by atoms with Crippen molar-refractivity contribution in [2.75, 3.05) is 0 Å². The maximum absolute atomic E-state index is 2.45. The fraction of sp³-hybridized carbons (Fsp3) is 0. The highest BCUT2D eigenvalue weighted by Gasteiger charge is 2.19. The fourth-order valence-corrected chi connectivity index (χ4v) is 7.26. The molecule has 0 atom stereocenters. The van der Waals surface area contributed by atoms with E-state index in [4.69, 9.17) is 0 Å². The molecule has 0 aliphatic carbocycles. The molecule has 204 valence electrons. The van der Waals surface area contributed by atoms with Gasteiger partial charge in [0.25, 0.3) is 0 Å². The van der Waals surface area contributed by atoms with E-state index < -0.39 is 0 Å². The van der Waals surface area contributed by atoms with Crippen molar-refractivity contribution in [2.45, 2.75) is 0 Å². The molecule has 0 heterocycles. The third-order valence-corrected chi connectivity index (χ3v) is 9.25. The van der Waals surface area contributed by atoms with Gasteiger partial charge in [-0.2, -0.15) is 0 Å². The first-order chi connectivity index (χ1) is 21.8. The first kappa shape index (κ1) is 24.8. The molecule has 9 rings (SSSR count). The average Bonchev–Trinajstić information content (AvgIpc) is 3.10. The minimum Gasteiger partial charge on any atom is -0.0622 e. The summed E-state index contributed by atoms with van der Waals surface area (Å²) in [6, 6.07) is 62.3. The van der Waals surface area contributed by atoms with E-state index in [2.05, 4.69) is 170 Å². The van der Waals surface area contributed by atoms with E-state index in [1.54, 1.807) is 0 Å². The van der Waals surface area contributed by atoms with Crippen molar-refractivity contribution in [1.82, 2.24) is 0 Å². The summed E-state index contributed by atoms with van der Waals surface area (Å²) in [6.45, 7) is 0. The predicted molar refractivity (Wildman–Crippen MR) is 190 cm³/mol. The van der Waals surface area contributed by atoms with Crippen molar-refractivity contribution < 1.29 is 0 Å². The Morgan fingerprint density at radius 2 is 0.682 bits per heavy atom. The Morgan fingerprint density at radius 3 is 1.34 bits per heavy atom. The van der Waals surface area contributed by atoms with Gasteiger partial charge in [0, 0.05) is 0 Å². The lowest BCUT2D eigenvalue weighted by Gasteiger charge is -2.20. The van der Waals surface area contributed by atoms with Gasteiger partial charge in [-0.15, -0.1) is 0 Å². The molecule has 0 saturated heterocycles. The summed E-state index contributed by atoms with van der Waals surface area (Å²) >= 11 is 0. The summed E-state index contributed by atoms with van der Waals surface area (Å²) in [7, 11) is 0. The molecule has 0 aromatic heterocycles. The Morgan fingerprint density at radius 1 is 0.227 bits per heavy atom. The van der Waals surface area contributed by atoms with Crippen LogP contribution < -0.4 is 0 Å². The highest BCUT2D eigenvalue weighted by atomic mass is 14.2. The molecular formula is C44H28. The highest BCUT2D eigenvalue weighted by Crippen LogP contribution is 2.47. The number of hydrogen-bond acceptors (Lipinski definition) is 0. The molecule has 44 heavy (non-hydrogen) atoms. The van der Waals surface area contributed by atoms with Gasteiger partial charge in [-0.3, -0.25) is 0 Å². The van der Waals surface area contributed by atoms with Crippen LogP contribution in [-0.2, 0) is 0 Å². The van der Waals surface area contributed by atoms with Gasteiger partial charge >= 0.3 is 0 Å². The van der Waals surface area contributed by atoms with Crippen LogP contribution in [0.2, 0.25) is 0 Å². The van der Waals surface area contributed by atoms with Crippen LogP contribution in [-0.4, -0.2) is 0 Å². The van der Waals surface area contributed by atoms with E-state index in [9.17, 15) is 0 Å². The van der Waals surface area contributed by atoms with Gasteiger partial charge in [-0.1, -0.05) is 164 Å². The molecule has 0 heteroatoms. The molecule has 9 aromatic carbocycles. The largest absolute Gasteiger partial charge is 0.0622 e. The molecule has 0 bridgehead atoms. The van der Waals surface area contributed by atoms with Gasteiger partial charge in [0.1, 0.15) is 0 Å². The van der Waals surface area contributed by atoms with Gasteiger partial charge in [0.2, 0.25) is 0 Å². The summed E-state index contributed by atoms with van der Waals surface area (Å²) in [5.41, 5.74) is 7.57. The fourth-order valence-electron chi connectivity index (χ4n) is 7.26. The lowest BCUT2D eigenvalue weighted by Crippen LogP contribution is -1.92. The van der Waals surface area contributed by atoms with Gasteiger partial charge in [0.05, 0.1) is 0 Å². The lowest BCUT2D eigenvalue weighted by molar-refractivity contribution is 1.61. The lowest BCUT2D eigenvalue weighted by atomic mass is 9.83. The van der Waals surface area contributed by atoms with Gasteiger partial charge < -0.3 is 0 Å². The molecule has 0 nitrogen and oxygen atoms in total. The Balaban J connectivity index is 1.39. The summed E-state index contributed by atoms with van der Waals surface area (Å²) in [5.74, 6) is 0. The molecule has 0 unspecified atom stereocenters. The standard InChI is InChI=1S/C44H28/c1-2-12-29(13-3-1)30-22-24-32(25-23-30)43-37-18-8-10-20-39(37)44(40-21-11-9-19-38(40)43)42-28-41-33-15-5-4-14-31(33)26-27-36(41)34-16-6-7-17-35(34)42/h1-28H. The van der Waals surface area contributed by atoms with Crippen LogP contribution >= 0.6 is 0 Å². The van der Waals surface area contributed by atoms with E-state index in [-0.39, 0.29) is 0 Å². The van der Waals surface area contributed by atoms with Crippen molar-refractivity contribution in [3.8, 4) is 33.4 Å². The molecule has 0 N–H and O–H groups in total. The van der Waals surface area contributed by atoms with Gasteiger partial charge in [-0.25, -0.2) is 0 Å². The molecular weight excluding hydrogens is 528 g/mol. The zero-order valence-corrected chi connectivity index (χ0v) is 24.2. The highest BCUT2D eigenvalue weighted by molar-refractivity contribution is 6.27. The first-order valence-corrected chi connectivity index (χ1v) is 15.3. The molecule has 0 aliphatic rings. The summed E-state index contributed by atoms with van der Waals surface area (Å²) in [5, 5.41) is 12.8. The van der Waals surface area contributed by atoms with Crippen LogP contribution in [0.3, 0.4) is 0 Å². The Labute approximate surface area is 256 Å². The topological polar surface area (TPSA) is 0 Å². The summed E-state index contributed by atoms with van der Waals surface area (Å²) in [6.07, 6.45) is 0. The number of hydrogen-bond donors (Lipinski definition) is 0. The maximum Gasteiger partial charge on any atom is -0.00199 e. The Bertz CT molecular complexity index is 2460. The third kappa shape index (κ3) is 3.78. The molecule has 9 aromatic rings. The smallest absolute Gasteiger partial charge is 0.00199 e. The zero-order chi connectivity index (χ0) is 29.0. The number of fused-ring (bicyclic) bond motifs is 7. The van der Waals surface area contributed by atoms with Crippen LogP contribution in [0.25, 0.3) is 87.2 Å². The van der Waals surface area contributed by atoms with E-state index in [0.29, 0.717) is 0 Å². The summed E-state index contributed by atoms with van der Waals surface area (Å²) < 4.78 is 0. The molecule has 0 fully saturated rings. The van der Waals surface area contributed by atoms with E-state index in [1.165, 1.54) is 87.2 Å². The molecule has 0 amide bonds. The van der Waals surface area contributed by atoms with Crippen LogP contribution in [0.15, 0.2) is 170 Å². The summed E-state index contributed by atoms with van der Waals surface area (Å²) in [4.78, 5) is 0. The second-order valence-electron chi connectivity index (χ2n) is 11.6. The number of benzene rings is 9. The third-order valence-electron chi connectivity index (χ3n) is 9.25.